The van der Waals surface area contributed by atoms with E-state index in [1.54, 1.807) is 22.0 Å². The lowest BCUT2D eigenvalue weighted by Crippen LogP contribution is -2.24. The standard InChI is InChI=1S/C18H17FN2OS/c1-11-20-17-16(14-7-2-3-8-15(14)23-17)18(22)21(11)10-12-5-4-6-13(19)9-12/h4-6,9H,2-3,7-8,10H2,1H3. The van der Waals surface area contributed by atoms with Gasteiger partial charge in [-0.25, -0.2) is 9.37 Å². The lowest BCUT2D eigenvalue weighted by molar-refractivity contribution is 0.621. The predicted octanol–water partition coefficient (Wildman–Crippen LogP) is 3.83. The second-order valence-corrected chi connectivity index (χ2v) is 7.15. The fourth-order valence-corrected chi connectivity index (χ4v) is 4.64. The Balaban J connectivity index is 1.88. The van der Waals surface area contributed by atoms with Gasteiger partial charge in [0.1, 0.15) is 16.5 Å². The molecule has 0 aliphatic heterocycles. The smallest absolute Gasteiger partial charge is 0.262 e. The van der Waals surface area contributed by atoms with E-state index in [1.807, 2.05) is 13.0 Å². The molecular formula is C18H17FN2OS. The Morgan fingerprint density at radius 2 is 2.13 bits per heavy atom. The van der Waals surface area contributed by atoms with Crippen molar-refractivity contribution in [1.29, 1.82) is 0 Å². The maximum absolute atomic E-state index is 13.4. The molecule has 0 atom stereocenters. The third kappa shape index (κ3) is 2.49. The summed E-state index contributed by atoms with van der Waals surface area (Å²) >= 11 is 1.66. The van der Waals surface area contributed by atoms with Gasteiger partial charge in [0, 0.05) is 4.88 Å². The van der Waals surface area contributed by atoms with Crippen molar-refractivity contribution in [2.45, 2.75) is 39.2 Å². The molecule has 0 saturated heterocycles. The monoisotopic (exact) mass is 328 g/mol. The molecule has 1 aromatic carbocycles. The summed E-state index contributed by atoms with van der Waals surface area (Å²) in [7, 11) is 0. The highest BCUT2D eigenvalue weighted by atomic mass is 32.1. The Morgan fingerprint density at radius 1 is 1.30 bits per heavy atom. The van der Waals surface area contributed by atoms with E-state index in [0.29, 0.717) is 12.4 Å². The first kappa shape index (κ1) is 14.6. The minimum Gasteiger partial charge on any atom is -0.292 e. The van der Waals surface area contributed by atoms with Gasteiger partial charge in [-0.1, -0.05) is 12.1 Å². The Labute approximate surface area is 137 Å². The topological polar surface area (TPSA) is 34.9 Å². The van der Waals surface area contributed by atoms with Crippen LogP contribution in [0.3, 0.4) is 0 Å². The summed E-state index contributed by atoms with van der Waals surface area (Å²) in [5, 5.41) is 0.784. The van der Waals surface area contributed by atoms with Crippen LogP contribution in [0.15, 0.2) is 29.1 Å². The fraction of sp³-hybridized carbons (Fsp3) is 0.333. The molecule has 23 heavy (non-hydrogen) atoms. The van der Waals surface area contributed by atoms with Crippen LogP contribution in [0.25, 0.3) is 10.2 Å². The summed E-state index contributed by atoms with van der Waals surface area (Å²) in [5.74, 6) is 0.403. The number of hydrogen-bond acceptors (Lipinski definition) is 3. The molecule has 1 aliphatic carbocycles. The fourth-order valence-electron chi connectivity index (χ4n) is 3.34. The van der Waals surface area contributed by atoms with Gasteiger partial charge in [-0.05, 0) is 55.9 Å². The lowest BCUT2D eigenvalue weighted by atomic mass is 9.97. The van der Waals surface area contributed by atoms with Crippen molar-refractivity contribution in [1.82, 2.24) is 9.55 Å². The summed E-state index contributed by atoms with van der Waals surface area (Å²) in [6, 6.07) is 6.39. The molecule has 0 amide bonds. The Bertz CT molecular complexity index is 958. The second-order valence-electron chi connectivity index (χ2n) is 6.07. The maximum atomic E-state index is 13.4. The van der Waals surface area contributed by atoms with Crippen LogP contribution >= 0.6 is 11.3 Å². The third-order valence-electron chi connectivity index (χ3n) is 4.50. The second kappa shape index (κ2) is 5.57. The van der Waals surface area contributed by atoms with Gasteiger partial charge in [-0.15, -0.1) is 11.3 Å². The van der Waals surface area contributed by atoms with Crippen LogP contribution in [0.1, 0.15) is 34.7 Å². The van der Waals surface area contributed by atoms with Crippen molar-refractivity contribution < 1.29 is 4.39 Å². The number of fused-ring (bicyclic) bond motifs is 3. The molecular weight excluding hydrogens is 311 g/mol. The summed E-state index contributed by atoms with van der Waals surface area (Å²) < 4.78 is 15.1. The van der Waals surface area contributed by atoms with Crippen molar-refractivity contribution in [3.8, 4) is 0 Å². The number of nitrogens with zero attached hydrogens (tertiary/aromatic N) is 2. The first-order valence-electron chi connectivity index (χ1n) is 7.89. The largest absolute Gasteiger partial charge is 0.292 e. The van der Waals surface area contributed by atoms with Crippen molar-refractivity contribution in [3.05, 3.63) is 62.3 Å². The third-order valence-corrected chi connectivity index (χ3v) is 5.68. The molecule has 0 saturated carbocycles. The van der Waals surface area contributed by atoms with E-state index in [-0.39, 0.29) is 11.4 Å². The quantitative estimate of drug-likeness (QED) is 0.716. The van der Waals surface area contributed by atoms with Gasteiger partial charge in [0.15, 0.2) is 0 Å². The highest BCUT2D eigenvalue weighted by Crippen LogP contribution is 2.33. The van der Waals surface area contributed by atoms with E-state index in [4.69, 9.17) is 0 Å². The first-order valence-corrected chi connectivity index (χ1v) is 8.71. The Morgan fingerprint density at radius 3 is 2.96 bits per heavy atom. The number of aryl methyl sites for hydroxylation is 3. The molecule has 4 rings (SSSR count). The van der Waals surface area contributed by atoms with E-state index < -0.39 is 0 Å². The molecule has 1 aliphatic rings. The van der Waals surface area contributed by atoms with E-state index >= 15 is 0 Å². The van der Waals surface area contributed by atoms with Crippen molar-refractivity contribution >= 4 is 21.6 Å². The number of aromatic nitrogens is 2. The van der Waals surface area contributed by atoms with Crippen LogP contribution in [-0.4, -0.2) is 9.55 Å². The highest BCUT2D eigenvalue weighted by Gasteiger charge is 2.21. The van der Waals surface area contributed by atoms with Crippen LogP contribution in [-0.2, 0) is 19.4 Å². The molecule has 0 spiro atoms. The van der Waals surface area contributed by atoms with Crippen LogP contribution in [0.4, 0.5) is 4.39 Å². The summed E-state index contributed by atoms with van der Waals surface area (Å²) in [6.45, 7) is 2.20. The van der Waals surface area contributed by atoms with Crippen LogP contribution in [0.5, 0.6) is 0 Å². The average molecular weight is 328 g/mol. The molecule has 3 aromatic rings. The SMILES string of the molecule is Cc1nc2sc3c(c2c(=O)n1Cc1cccc(F)c1)CCCC3. The molecule has 2 heterocycles. The van der Waals surface area contributed by atoms with E-state index in [0.717, 1.165) is 35.0 Å². The number of benzene rings is 1. The zero-order valence-corrected chi connectivity index (χ0v) is 13.8. The summed E-state index contributed by atoms with van der Waals surface area (Å²) in [6.07, 6.45) is 4.35. The molecule has 0 fully saturated rings. The molecule has 118 valence electrons. The number of thiophene rings is 1. The molecule has 0 N–H and O–H groups in total. The van der Waals surface area contributed by atoms with Gasteiger partial charge in [0.2, 0.25) is 0 Å². The molecule has 3 nitrogen and oxygen atoms in total. The van der Waals surface area contributed by atoms with E-state index in [2.05, 4.69) is 4.98 Å². The van der Waals surface area contributed by atoms with Crippen LogP contribution in [0, 0.1) is 12.7 Å². The molecule has 0 bridgehead atoms. The minimum absolute atomic E-state index is 0.0103. The van der Waals surface area contributed by atoms with Gasteiger partial charge in [0.25, 0.3) is 5.56 Å². The van der Waals surface area contributed by atoms with Gasteiger partial charge >= 0.3 is 0 Å². The minimum atomic E-state index is -0.282. The number of halogens is 1. The molecule has 5 heteroatoms. The van der Waals surface area contributed by atoms with Crippen LogP contribution < -0.4 is 5.56 Å². The van der Waals surface area contributed by atoms with Crippen molar-refractivity contribution in [2.75, 3.05) is 0 Å². The molecule has 0 unspecified atom stereocenters. The summed E-state index contributed by atoms with van der Waals surface area (Å²) in [4.78, 5) is 19.8. The Kier molecular flexibility index (Phi) is 3.53. The van der Waals surface area contributed by atoms with Gasteiger partial charge in [-0.3, -0.25) is 9.36 Å². The summed E-state index contributed by atoms with van der Waals surface area (Å²) in [5.41, 5.74) is 1.98. The first-order chi connectivity index (χ1) is 11.1. The molecule has 2 aromatic heterocycles. The maximum Gasteiger partial charge on any atom is 0.262 e. The van der Waals surface area contributed by atoms with Crippen molar-refractivity contribution in [2.24, 2.45) is 0 Å². The highest BCUT2D eigenvalue weighted by molar-refractivity contribution is 7.18. The van der Waals surface area contributed by atoms with Gasteiger partial charge in [0.05, 0.1) is 11.9 Å². The number of rotatable bonds is 2. The van der Waals surface area contributed by atoms with E-state index in [9.17, 15) is 9.18 Å². The Hall–Kier alpha value is -2.01. The zero-order chi connectivity index (χ0) is 16.0. The van der Waals surface area contributed by atoms with Crippen LogP contribution in [0.2, 0.25) is 0 Å². The number of hydrogen-bond donors (Lipinski definition) is 0. The average Bonchev–Trinajstić information content (AvgIpc) is 2.89. The van der Waals surface area contributed by atoms with Gasteiger partial charge < -0.3 is 0 Å². The van der Waals surface area contributed by atoms with E-state index in [1.165, 1.54) is 29.0 Å². The normalized spacial score (nSPS) is 14.2. The zero-order valence-electron chi connectivity index (χ0n) is 12.9. The van der Waals surface area contributed by atoms with Crippen molar-refractivity contribution in [3.63, 3.8) is 0 Å². The lowest BCUT2D eigenvalue weighted by Gasteiger charge is -2.12. The van der Waals surface area contributed by atoms with Gasteiger partial charge in [-0.2, -0.15) is 0 Å². The molecule has 0 radical (unpaired) electrons. The predicted molar refractivity (Wildman–Crippen MR) is 90.8 cm³/mol.